The smallest absolute Gasteiger partial charge is 0.133 e. The number of hydrogen-bond donors (Lipinski definition) is 1. The first-order valence-electron chi connectivity index (χ1n) is 6.51. The van der Waals surface area contributed by atoms with Crippen molar-refractivity contribution in [1.29, 1.82) is 0 Å². The molecule has 18 heavy (non-hydrogen) atoms. The van der Waals surface area contributed by atoms with Gasteiger partial charge in [0.2, 0.25) is 0 Å². The minimum absolute atomic E-state index is 0.378. The van der Waals surface area contributed by atoms with Gasteiger partial charge in [-0.2, -0.15) is 0 Å². The van der Waals surface area contributed by atoms with Gasteiger partial charge in [0.05, 0.1) is 11.6 Å². The highest BCUT2D eigenvalue weighted by molar-refractivity contribution is 9.10. The zero-order chi connectivity index (χ0) is 13.3. The molecule has 0 saturated heterocycles. The molecule has 2 nitrogen and oxygen atoms in total. The number of ether oxygens (including phenoxy) is 1. The van der Waals surface area contributed by atoms with Crippen molar-refractivity contribution in [2.75, 3.05) is 13.7 Å². The Morgan fingerprint density at radius 2 is 2.17 bits per heavy atom. The third-order valence-electron chi connectivity index (χ3n) is 4.06. The highest BCUT2D eigenvalue weighted by Gasteiger charge is 2.44. The Morgan fingerprint density at radius 3 is 2.67 bits per heavy atom. The zero-order valence-electron chi connectivity index (χ0n) is 11.6. The summed E-state index contributed by atoms with van der Waals surface area (Å²) in [5, 5.41) is 3.62. The Labute approximate surface area is 118 Å². The van der Waals surface area contributed by atoms with E-state index in [9.17, 15) is 0 Å². The summed E-state index contributed by atoms with van der Waals surface area (Å²) in [6.45, 7) is 8.00. The maximum atomic E-state index is 5.25. The number of hydrogen-bond acceptors (Lipinski definition) is 2. The number of nitrogens with one attached hydrogen (secondary N) is 1. The van der Waals surface area contributed by atoms with Crippen LogP contribution in [0, 0.1) is 11.3 Å². The van der Waals surface area contributed by atoms with Crippen LogP contribution in [-0.4, -0.2) is 13.7 Å². The van der Waals surface area contributed by atoms with E-state index in [0.717, 1.165) is 22.7 Å². The van der Waals surface area contributed by atoms with Crippen molar-refractivity contribution in [3.8, 4) is 5.75 Å². The van der Waals surface area contributed by atoms with Crippen LogP contribution in [0.3, 0.4) is 0 Å². The summed E-state index contributed by atoms with van der Waals surface area (Å²) >= 11 is 3.53. The van der Waals surface area contributed by atoms with Crippen LogP contribution in [-0.2, 0) is 0 Å². The van der Waals surface area contributed by atoms with E-state index in [-0.39, 0.29) is 0 Å². The molecule has 100 valence electrons. The average Bonchev–Trinajstić information content (AvgIpc) is 2.94. The van der Waals surface area contributed by atoms with Gasteiger partial charge in [-0.25, -0.2) is 0 Å². The number of halogens is 1. The summed E-state index contributed by atoms with van der Waals surface area (Å²) in [4.78, 5) is 0. The van der Waals surface area contributed by atoms with Crippen LogP contribution in [0.5, 0.6) is 5.75 Å². The molecule has 0 heterocycles. The second kappa shape index (κ2) is 5.22. The molecule has 1 aromatic carbocycles. The van der Waals surface area contributed by atoms with Crippen molar-refractivity contribution in [3.63, 3.8) is 0 Å². The number of methoxy groups -OCH3 is 1. The second-order valence-electron chi connectivity index (χ2n) is 5.91. The predicted octanol–water partition coefficient (Wildman–Crippen LogP) is 4.15. The standard InChI is InChI=1S/C15H22BrNO/c1-10(17-9-12-8-15(12,2)3)11-5-6-14(18-4)13(16)7-11/h5-7,10,12,17H,8-9H2,1-4H3. The van der Waals surface area contributed by atoms with E-state index >= 15 is 0 Å². The summed E-state index contributed by atoms with van der Waals surface area (Å²) in [7, 11) is 1.69. The summed E-state index contributed by atoms with van der Waals surface area (Å²) < 4.78 is 6.26. The van der Waals surface area contributed by atoms with Crippen molar-refractivity contribution >= 4 is 15.9 Å². The molecular weight excluding hydrogens is 290 g/mol. The first kappa shape index (κ1) is 13.9. The molecule has 1 aliphatic rings. The number of benzene rings is 1. The Hall–Kier alpha value is -0.540. The highest BCUT2D eigenvalue weighted by atomic mass is 79.9. The van der Waals surface area contributed by atoms with Crippen molar-refractivity contribution < 1.29 is 4.74 Å². The lowest BCUT2D eigenvalue weighted by Crippen LogP contribution is -2.22. The minimum Gasteiger partial charge on any atom is -0.496 e. The fourth-order valence-corrected chi connectivity index (χ4v) is 2.87. The third-order valence-corrected chi connectivity index (χ3v) is 4.68. The van der Waals surface area contributed by atoms with E-state index in [1.165, 1.54) is 12.0 Å². The second-order valence-corrected chi connectivity index (χ2v) is 6.77. The van der Waals surface area contributed by atoms with E-state index in [4.69, 9.17) is 4.74 Å². The van der Waals surface area contributed by atoms with Crippen LogP contribution in [0.4, 0.5) is 0 Å². The molecule has 0 radical (unpaired) electrons. The normalized spacial score (nSPS) is 22.6. The van der Waals surface area contributed by atoms with Crippen LogP contribution >= 0.6 is 15.9 Å². The van der Waals surface area contributed by atoms with Crippen molar-refractivity contribution in [2.24, 2.45) is 11.3 Å². The molecule has 0 aliphatic heterocycles. The lowest BCUT2D eigenvalue weighted by atomic mass is 10.1. The molecule has 1 aromatic rings. The van der Waals surface area contributed by atoms with Crippen molar-refractivity contribution in [3.05, 3.63) is 28.2 Å². The van der Waals surface area contributed by atoms with E-state index in [2.05, 4.69) is 54.2 Å². The van der Waals surface area contributed by atoms with Crippen LogP contribution in [0.1, 0.15) is 38.8 Å². The van der Waals surface area contributed by atoms with E-state index in [0.29, 0.717) is 11.5 Å². The molecule has 2 unspecified atom stereocenters. The average molecular weight is 312 g/mol. The van der Waals surface area contributed by atoms with Crippen LogP contribution in [0.25, 0.3) is 0 Å². The van der Waals surface area contributed by atoms with E-state index in [1.54, 1.807) is 7.11 Å². The monoisotopic (exact) mass is 311 g/mol. The molecule has 3 heteroatoms. The molecular formula is C15H22BrNO. The molecule has 1 N–H and O–H groups in total. The minimum atomic E-state index is 0.378. The maximum Gasteiger partial charge on any atom is 0.133 e. The maximum absolute atomic E-state index is 5.25. The Morgan fingerprint density at radius 1 is 1.50 bits per heavy atom. The van der Waals surface area contributed by atoms with Gasteiger partial charge in [-0.15, -0.1) is 0 Å². The molecule has 0 spiro atoms. The molecule has 0 aromatic heterocycles. The summed E-state index contributed by atoms with van der Waals surface area (Å²) in [6.07, 6.45) is 1.35. The van der Waals surface area contributed by atoms with Crippen molar-refractivity contribution in [2.45, 2.75) is 33.2 Å². The molecule has 2 atom stereocenters. The lowest BCUT2D eigenvalue weighted by molar-refractivity contribution is 0.411. The van der Waals surface area contributed by atoms with Gasteiger partial charge in [0.15, 0.2) is 0 Å². The van der Waals surface area contributed by atoms with Gasteiger partial charge in [-0.3, -0.25) is 0 Å². The molecule has 1 saturated carbocycles. The van der Waals surface area contributed by atoms with Gasteiger partial charge < -0.3 is 10.1 Å². The summed E-state index contributed by atoms with van der Waals surface area (Å²) in [5.74, 6) is 1.72. The Balaban J connectivity index is 1.92. The molecule has 1 fully saturated rings. The fourth-order valence-electron chi connectivity index (χ4n) is 2.31. The lowest BCUT2D eigenvalue weighted by Gasteiger charge is -2.16. The zero-order valence-corrected chi connectivity index (χ0v) is 13.2. The van der Waals surface area contributed by atoms with Gasteiger partial charge >= 0.3 is 0 Å². The summed E-state index contributed by atoms with van der Waals surface area (Å²) in [6, 6.07) is 6.65. The molecule has 0 amide bonds. The molecule has 0 bridgehead atoms. The predicted molar refractivity (Wildman–Crippen MR) is 79.0 cm³/mol. The first-order valence-corrected chi connectivity index (χ1v) is 7.30. The topological polar surface area (TPSA) is 21.3 Å². The van der Waals surface area contributed by atoms with Gasteiger partial charge in [0.1, 0.15) is 5.75 Å². The highest BCUT2D eigenvalue weighted by Crippen LogP contribution is 2.51. The Bertz CT molecular complexity index is 431. The third kappa shape index (κ3) is 3.07. The van der Waals surface area contributed by atoms with Gasteiger partial charge in [-0.05, 0) is 64.8 Å². The largest absolute Gasteiger partial charge is 0.496 e. The van der Waals surface area contributed by atoms with E-state index in [1.807, 2.05) is 6.07 Å². The van der Waals surface area contributed by atoms with Crippen LogP contribution in [0.2, 0.25) is 0 Å². The van der Waals surface area contributed by atoms with Crippen molar-refractivity contribution in [1.82, 2.24) is 5.32 Å². The summed E-state index contributed by atoms with van der Waals surface area (Å²) in [5.41, 5.74) is 1.84. The molecule has 2 rings (SSSR count). The van der Waals surface area contributed by atoms with Gasteiger partial charge in [0.25, 0.3) is 0 Å². The SMILES string of the molecule is COc1ccc(C(C)NCC2CC2(C)C)cc1Br. The first-order chi connectivity index (χ1) is 8.44. The van der Waals surface area contributed by atoms with E-state index < -0.39 is 0 Å². The van der Waals surface area contributed by atoms with Gasteiger partial charge in [0, 0.05) is 6.04 Å². The van der Waals surface area contributed by atoms with Crippen LogP contribution in [0.15, 0.2) is 22.7 Å². The van der Waals surface area contributed by atoms with Gasteiger partial charge in [-0.1, -0.05) is 19.9 Å². The van der Waals surface area contributed by atoms with Crippen LogP contribution < -0.4 is 10.1 Å². The Kier molecular flexibility index (Phi) is 4.02. The fraction of sp³-hybridized carbons (Fsp3) is 0.600. The quantitative estimate of drug-likeness (QED) is 0.882. The molecule has 1 aliphatic carbocycles. The number of rotatable bonds is 5.